The largest absolute Gasteiger partial charge is 0.322 e. The van der Waals surface area contributed by atoms with Crippen molar-refractivity contribution in [2.75, 3.05) is 18.4 Å². The Labute approximate surface area is 140 Å². The molecule has 0 radical (unpaired) electrons. The topological polar surface area (TPSA) is 32.3 Å². The first kappa shape index (κ1) is 17.3. The highest BCUT2D eigenvalue weighted by Gasteiger charge is 2.34. The van der Waals surface area contributed by atoms with Gasteiger partial charge < -0.3 is 5.32 Å². The third-order valence-electron chi connectivity index (χ3n) is 5.54. The van der Waals surface area contributed by atoms with E-state index >= 15 is 0 Å². The molecule has 3 nitrogen and oxygen atoms in total. The molecule has 1 amide bonds. The number of fused-ring (bicyclic) bond motifs is 1. The average Bonchev–Trinajstić information content (AvgIpc) is 2.61. The first-order chi connectivity index (χ1) is 11.5. The summed E-state index contributed by atoms with van der Waals surface area (Å²) in [5.74, 6) is -3.20. The van der Waals surface area contributed by atoms with Crippen molar-refractivity contribution in [3.05, 3.63) is 29.6 Å². The molecular weight excluding hydrogens is 317 g/mol. The Morgan fingerprint density at radius 3 is 2.58 bits per heavy atom. The van der Waals surface area contributed by atoms with Crippen molar-refractivity contribution < 1.29 is 18.0 Å². The normalized spacial score (nSPS) is 25.8. The second-order valence-corrected chi connectivity index (χ2v) is 6.98. The van der Waals surface area contributed by atoms with E-state index in [9.17, 15) is 18.0 Å². The standard InChI is InChI=1S/C18H23F3N2O/c1-11(23-9-8-12-4-2-3-5-13(12)10-23)18(24)22-15-7-6-14(19)16(20)17(15)21/h6-7,11-13H,2-5,8-10H2,1H3,(H,22,24)/t11-,12+,13-/m1/s1. The van der Waals surface area contributed by atoms with Crippen LogP contribution in [0.1, 0.15) is 39.0 Å². The molecule has 2 aliphatic rings. The van der Waals surface area contributed by atoms with Gasteiger partial charge in [-0.1, -0.05) is 19.3 Å². The summed E-state index contributed by atoms with van der Waals surface area (Å²) in [6.07, 6.45) is 6.11. The first-order valence-electron chi connectivity index (χ1n) is 8.65. The number of carbonyl (C=O) groups is 1. The summed E-state index contributed by atoms with van der Waals surface area (Å²) < 4.78 is 39.9. The molecule has 0 spiro atoms. The van der Waals surface area contributed by atoms with Crippen LogP contribution < -0.4 is 5.32 Å². The number of hydrogen-bond acceptors (Lipinski definition) is 2. The maximum atomic E-state index is 13.7. The molecule has 6 heteroatoms. The van der Waals surface area contributed by atoms with Gasteiger partial charge in [0.1, 0.15) is 0 Å². The zero-order chi connectivity index (χ0) is 17.3. The Morgan fingerprint density at radius 1 is 1.12 bits per heavy atom. The summed E-state index contributed by atoms with van der Waals surface area (Å²) in [5, 5.41) is 2.39. The number of carbonyl (C=O) groups excluding carboxylic acids is 1. The van der Waals surface area contributed by atoms with Crippen molar-refractivity contribution in [1.29, 1.82) is 0 Å². The van der Waals surface area contributed by atoms with Gasteiger partial charge in [0, 0.05) is 6.54 Å². The lowest BCUT2D eigenvalue weighted by Crippen LogP contribution is -2.50. The zero-order valence-electron chi connectivity index (χ0n) is 13.8. The second kappa shape index (κ2) is 7.13. The van der Waals surface area contributed by atoms with Crippen molar-refractivity contribution in [2.24, 2.45) is 11.8 Å². The fourth-order valence-electron chi connectivity index (χ4n) is 4.01. The quantitative estimate of drug-likeness (QED) is 0.845. The highest BCUT2D eigenvalue weighted by atomic mass is 19.2. The van der Waals surface area contributed by atoms with E-state index in [4.69, 9.17) is 0 Å². The van der Waals surface area contributed by atoms with Crippen LogP contribution >= 0.6 is 0 Å². The second-order valence-electron chi connectivity index (χ2n) is 6.98. The van der Waals surface area contributed by atoms with Gasteiger partial charge in [0.2, 0.25) is 5.91 Å². The van der Waals surface area contributed by atoms with E-state index in [1.54, 1.807) is 6.92 Å². The number of anilines is 1. The van der Waals surface area contributed by atoms with Crippen LogP contribution in [0.2, 0.25) is 0 Å². The molecule has 0 aromatic heterocycles. The molecular formula is C18H23F3N2O. The van der Waals surface area contributed by atoms with E-state index in [-0.39, 0.29) is 5.69 Å². The third-order valence-corrected chi connectivity index (χ3v) is 5.54. The number of nitrogens with zero attached hydrogens (tertiary/aromatic N) is 1. The highest BCUT2D eigenvalue weighted by molar-refractivity contribution is 5.94. The molecule has 24 heavy (non-hydrogen) atoms. The van der Waals surface area contributed by atoms with Gasteiger partial charge in [-0.2, -0.15) is 0 Å². The summed E-state index contributed by atoms with van der Waals surface area (Å²) in [4.78, 5) is 14.5. The minimum Gasteiger partial charge on any atom is -0.322 e. The zero-order valence-corrected chi connectivity index (χ0v) is 13.8. The fourth-order valence-corrected chi connectivity index (χ4v) is 4.01. The van der Waals surface area contributed by atoms with Crippen LogP contribution in [0.25, 0.3) is 0 Å². The van der Waals surface area contributed by atoms with Gasteiger partial charge in [-0.3, -0.25) is 9.69 Å². The Balaban J connectivity index is 1.64. The molecule has 1 aromatic rings. The summed E-state index contributed by atoms with van der Waals surface area (Å²) in [6.45, 7) is 3.49. The van der Waals surface area contributed by atoms with Gasteiger partial charge in [0.25, 0.3) is 0 Å². The van der Waals surface area contributed by atoms with Gasteiger partial charge in [-0.25, -0.2) is 13.2 Å². The number of piperidine rings is 1. The number of benzene rings is 1. The van der Waals surface area contributed by atoms with Crippen LogP contribution in [0.4, 0.5) is 18.9 Å². The number of rotatable bonds is 3. The van der Waals surface area contributed by atoms with Crippen LogP contribution in [0, 0.1) is 29.3 Å². The molecule has 132 valence electrons. The maximum absolute atomic E-state index is 13.7. The number of nitrogens with one attached hydrogen (secondary N) is 1. The molecule has 1 saturated carbocycles. The van der Waals surface area contributed by atoms with Gasteiger partial charge >= 0.3 is 0 Å². The van der Waals surface area contributed by atoms with Gasteiger partial charge in [-0.05, 0) is 50.3 Å². The lowest BCUT2D eigenvalue weighted by atomic mass is 9.75. The Kier molecular flexibility index (Phi) is 5.13. The lowest BCUT2D eigenvalue weighted by molar-refractivity contribution is -0.122. The number of amides is 1. The number of halogens is 3. The molecule has 0 unspecified atom stereocenters. The lowest BCUT2D eigenvalue weighted by Gasteiger charge is -2.43. The van der Waals surface area contributed by atoms with E-state index in [1.165, 1.54) is 25.7 Å². The van der Waals surface area contributed by atoms with Crippen LogP contribution in [0.15, 0.2) is 12.1 Å². The van der Waals surface area contributed by atoms with Crippen molar-refractivity contribution in [1.82, 2.24) is 4.90 Å². The van der Waals surface area contributed by atoms with E-state index < -0.39 is 29.4 Å². The molecule has 0 bridgehead atoms. The molecule has 1 N–H and O–H groups in total. The van der Waals surface area contributed by atoms with Crippen molar-refractivity contribution in [3.63, 3.8) is 0 Å². The Morgan fingerprint density at radius 2 is 1.83 bits per heavy atom. The number of hydrogen-bond donors (Lipinski definition) is 1. The fraction of sp³-hybridized carbons (Fsp3) is 0.611. The first-order valence-corrected chi connectivity index (χ1v) is 8.65. The van der Waals surface area contributed by atoms with E-state index in [0.717, 1.165) is 37.6 Å². The van der Waals surface area contributed by atoms with Gasteiger partial charge in [0.05, 0.1) is 11.7 Å². The van der Waals surface area contributed by atoms with E-state index in [0.29, 0.717) is 5.92 Å². The van der Waals surface area contributed by atoms with Crippen LogP contribution in [0.3, 0.4) is 0 Å². The molecule has 1 saturated heterocycles. The predicted octanol–water partition coefficient (Wildman–Crippen LogP) is 3.94. The maximum Gasteiger partial charge on any atom is 0.241 e. The van der Waals surface area contributed by atoms with Crippen molar-refractivity contribution in [3.8, 4) is 0 Å². The molecule has 1 aliphatic heterocycles. The summed E-state index contributed by atoms with van der Waals surface area (Å²) in [6, 6.07) is 1.43. The summed E-state index contributed by atoms with van der Waals surface area (Å²) in [7, 11) is 0. The monoisotopic (exact) mass is 340 g/mol. The minimum absolute atomic E-state index is 0.321. The highest BCUT2D eigenvalue weighted by Crippen LogP contribution is 2.36. The Hall–Kier alpha value is -1.56. The Bertz CT molecular complexity index is 623. The predicted molar refractivity (Wildman–Crippen MR) is 86.0 cm³/mol. The van der Waals surface area contributed by atoms with Crippen LogP contribution in [-0.2, 0) is 4.79 Å². The number of likely N-dealkylation sites (tertiary alicyclic amines) is 1. The minimum atomic E-state index is -1.57. The summed E-state index contributed by atoms with van der Waals surface area (Å²) >= 11 is 0. The van der Waals surface area contributed by atoms with Crippen molar-refractivity contribution in [2.45, 2.75) is 45.1 Å². The van der Waals surface area contributed by atoms with Crippen molar-refractivity contribution >= 4 is 11.6 Å². The average molecular weight is 340 g/mol. The van der Waals surface area contributed by atoms with Gasteiger partial charge in [0.15, 0.2) is 17.5 Å². The van der Waals surface area contributed by atoms with Gasteiger partial charge in [-0.15, -0.1) is 0 Å². The molecule has 1 aromatic carbocycles. The van der Waals surface area contributed by atoms with Crippen LogP contribution in [-0.4, -0.2) is 29.9 Å². The SMILES string of the molecule is C[C@H](C(=O)Nc1ccc(F)c(F)c1F)N1CC[C@@H]2CCCC[C@@H]2C1. The molecule has 1 aliphatic carbocycles. The molecule has 3 rings (SSSR count). The molecule has 1 heterocycles. The molecule has 2 fully saturated rings. The van der Waals surface area contributed by atoms with E-state index in [2.05, 4.69) is 10.2 Å². The molecule has 3 atom stereocenters. The smallest absolute Gasteiger partial charge is 0.241 e. The third kappa shape index (κ3) is 3.43. The summed E-state index contributed by atoms with van der Waals surface area (Å²) in [5.41, 5.74) is -0.321. The van der Waals surface area contributed by atoms with Crippen LogP contribution in [0.5, 0.6) is 0 Å². The van der Waals surface area contributed by atoms with E-state index in [1.807, 2.05) is 0 Å².